The minimum absolute atomic E-state index is 0.0509. The number of hydrogen-bond acceptors (Lipinski definition) is 7. The maximum atomic E-state index is 12.9. The van der Waals surface area contributed by atoms with Crippen LogP contribution >= 0.6 is 0 Å². The van der Waals surface area contributed by atoms with Gasteiger partial charge in [0, 0.05) is 58.3 Å². The number of likely N-dealkylation sites (N-methyl/N-ethyl adjacent to an activating group) is 1. The number of hydrogen-bond donors (Lipinski definition) is 2. The molecule has 1 aromatic carbocycles. The first-order valence-electron chi connectivity index (χ1n) is 12.8. The highest BCUT2D eigenvalue weighted by Gasteiger charge is 2.28. The van der Waals surface area contributed by atoms with E-state index >= 15 is 0 Å². The monoisotopic (exact) mass is 484 g/mol. The molecule has 0 atom stereocenters. The molecular weight excluding hydrogens is 452 g/mol. The van der Waals surface area contributed by atoms with E-state index in [0.717, 1.165) is 86.1 Å². The van der Waals surface area contributed by atoms with Gasteiger partial charge in [0.25, 0.3) is 5.91 Å². The second-order valence-corrected chi connectivity index (χ2v) is 9.86. The van der Waals surface area contributed by atoms with Crippen molar-refractivity contribution in [3.63, 3.8) is 0 Å². The quantitative estimate of drug-likeness (QED) is 0.570. The Morgan fingerprint density at radius 1 is 1.00 bits per heavy atom. The summed E-state index contributed by atoms with van der Waals surface area (Å²) in [5, 5.41) is 6.43. The Morgan fingerprint density at radius 3 is 2.61 bits per heavy atom. The Morgan fingerprint density at radius 2 is 1.83 bits per heavy atom. The van der Waals surface area contributed by atoms with Crippen LogP contribution in [0.4, 0.5) is 17.2 Å². The molecule has 0 aliphatic carbocycles. The number of amides is 1. The zero-order valence-electron chi connectivity index (χ0n) is 20.7. The zero-order chi connectivity index (χ0) is 24.5. The number of carbonyl (C=O) groups is 1. The lowest BCUT2D eigenvalue weighted by Gasteiger charge is -2.33. The molecule has 8 heteroatoms. The van der Waals surface area contributed by atoms with Crippen LogP contribution in [-0.2, 0) is 11.3 Å². The van der Waals surface area contributed by atoms with Gasteiger partial charge in [0.15, 0.2) is 0 Å². The van der Waals surface area contributed by atoms with E-state index in [9.17, 15) is 4.79 Å². The third-order valence-electron chi connectivity index (χ3n) is 7.65. The van der Waals surface area contributed by atoms with Gasteiger partial charge in [0.2, 0.25) is 0 Å². The molecule has 3 aromatic rings. The molecule has 2 aromatic heterocycles. The first-order chi connectivity index (χ1) is 17.7. The molecule has 1 amide bonds. The summed E-state index contributed by atoms with van der Waals surface area (Å²) in [5.74, 6) is 1.10. The molecule has 0 bridgehead atoms. The molecule has 3 aliphatic heterocycles. The topological polar surface area (TPSA) is 82.6 Å². The molecule has 2 fully saturated rings. The minimum Gasteiger partial charge on any atom is -0.381 e. The van der Waals surface area contributed by atoms with Gasteiger partial charge in [0.05, 0.1) is 23.1 Å². The number of rotatable bonds is 5. The highest BCUT2D eigenvalue weighted by molar-refractivity contribution is 6.06. The predicted molar refractivity (Wildman–Crippen MR) is 141 cm³/mol. The van der Waals surface area contributed by atoms with Gasteiger partial charge in [-0.25, -0.2) is 4.98 Å². The summed E-state index contributed by atoms with van der Waals surface area (Å²) in [7, 11) is 2.16. The first-order valence-corrected chi connectivity index (χ1v) is 12.8. The van der Waals surface area contributed by atoms with Crippen LogP contribution in [0.25, 0.3) is 11.1 Å². The third kappa shape index (κ3) is 4.42. The average molecular weight is 485 g/mol. The molecule has 0 radical (unpaired) electrons. The third-order valence-corrected chi connectivity index (χ3v) is 7.65. The number of fused-ring (bicyclic) bond motifs is 1. The lowest BCUT2D eigenvalue weighted by Crippen LogP contribution is -2.44. The number of anilines is 3. The van der Waals surface area contributed by atoms with Crippen molar-refractivity contribution in [2.24, 2.45) is 0 Å². The minimum atomic E-state index is -0.0509. The number of pyridine rings is 2. The van der Waals surface area contributed by atoms with Crippen LogP contribution in [0.1, 0.15) is 40.2 Å². The van der Waals surface area contributed by atoms with E-state index in [2.05, 4.69) is 55.6 Å². The van der Waals surface area contributed by atoms with Gasteiger partial charge in [-0.1, -0.05) is 6.07 Å². The Labute approximate surface area is 211 Å². The summed E-state index contributed by atoms with van der Waals surface area (Å²) in [6.07, 6.45) is 7.73. The summed E-state index contributed by atoms with van der Waals surface area (Å²) in [6.45, 7) is 6.20. The fourth-order valence-electron chi connectivity index (χ4n) is 5.54. The molecule has 0 spiro atoms. The predicted octanol–water partition coefficient (Wildman–Crippen LogP) is 3.78. The van der Waals surface area contributed by atoms with Crippen LogP contribution in [0.2, 0.25) is 0 Å². The summed E-state index contributed by atoms with van der Waals surface area (Å²) in [5.41, 5.74) is 7.13. The number of piperazine rings is 1. The molecule has 0 unspecified atom stereocenters. The van der Waals surface area contributed by atoms with E-state index in [1.165, 1.54) is 5.56 Å². The van der Waals surface area contributed by atoms with Gasteiger partial charge in [-0.15, -0.1) is 0 Å². The Balaban J connectivity index is 1.29. The van der Waals surface area contributed by atoms with Crippen molar-refractivity contribution >= 4 is 23.1 Å². The smallest absolute Gasteiger partial charge is 0.254 e. The van der Waals surface area contributed by atoms with Gasteiger partial charge < -0.3 is 25.2 Å². The maximum absolute atomic E-state index is 12.9. The number of aromatic nitrogens is 2. The van der Waals surface area contributed by atoms with Gasteiger partial charge in [-0.05, 0) is 72.3 Å². The second-order valence-electron chi connectivity index (χ2n) is 9.86. The Kier molecular flexibility index (Phi) is 6.29. The molecule has 0 saturated carbocycles. The highest BCUT2D eigenvalue weighted by atomic mass is 16.5. The molecular formula is C28H32N6O2. The maximum Gasteiger partial charge on any atom is 0.254 e. The fraction of sp³-hybridized carbons (Fsp3) is 0.393. The normalized spacial score (nSPS) is 18.7. The largest absolute Gasteiger partial charge is 0.381 e. The van der Waals surface area contributed by atoms with Gasteiger partial charge in [-0.3, -0.25) is 9.78 Å². The first kappa shape index (κ1) is 22.9. The standard InChI is InChI=1S/C28H32N6O2/c1-33-10-12-34(13-11-33)20-2-5-26(30-16-20)32-25-4-3-21(24-18-31-28(35)27(24)25)22-6-9-29-17-23(22)19-7-14-36-15-8-19/h2-6,9,16-17,19H,7-8,10-15,18H2,1H3,(H,30,32)(H,31,35). The van der Waals surface area contributed by atoms with E-state index in [0.29, 0.717) is 18.0 Å². The van der Waals surface area contributed by atoms with Crippen molar-refractivity contribution in [3.8, 4) is 11.1 Å². The molecule has 6 rings (SSSR count). The zero-order valence-corrected chi connectivity index (χ0v) is 20.7. The van der Waals surface area contributed by atoms with Crippen LogP contribution in [0.5, 0.6) is 0 Å². The molecule has 36 heavy (non-hydrogen) atoms. The average Bonchev–Trinajstić information content (AvgIpc) is 3.32. The second kappa shape index (κ2) is 9.87. The molecule has 186 valence electrons. The fourth-order valence-corrected chi connectivity index (χ4v) is 5.54. The molecule has 3 aliphatic rings. The summed E-state index contributed by atoms with van der Waals surface area (Å²) in [6, 6.07) is 10.3. The lowest BCUT2D eigenvalue weighted by molar-refractivity contribution is 0.0853. The summed E-state index contributed by atoms with van der Waals surface area (Å²) in [4.78, 5) is 26.7. The lowest BCUT2D eigenvalue weighted by atomic mass is 9.85. The van der Waals surface area contributed by atoms with Crippen LogP contribution in [0.15, 0.2) is 48.9 Å². The van der Waals surface area contributed by atoms with Gasteiger partial charge >= 0.3 is 0 Å². The van der Waals surface area contributed by atoms with E-state index in [4.69, 9.17) is 4.74 Å². The SMILES string of the molecule is CN1CCN(c2ccc(Nc3ccc(-c4ccncc4C4CCOCC4)c4c3C(=O)NC4)nc2)CC1. The van der Waals surface area contributed by atoms with Crippen LogP contribution in [0.3, 0.4) is 0 Å². The van der Waals surface area contributed by atoms with E-state index in [1.54, 1.807) is 0 Å². The number of carbonyl (C=O) groups excluding carboxylic acids is 1. The van der Waals surface area contributed by atoms with Gasteiger partial charge in [0.1, 0.15) is 5.82 Å². The number of ether oxygens (including phenoxy) is 1. The van der Waals surface area contributed by atoms with Crippen molar-refractivity contribution in [1.29, 1.82) is 0 Å². The molecule has 5 heterocycles. The van der Waals surface area contributed by atoms with E-state index < -0.39 is 0 Å². The molecule has 2 saturated heterocycles. The Bertz CT molecular complexity index is 1250. The summed E-state index contributed by atoms with van der Waals surface area (Å²) >= 11 is 0. The van der Waals surface area contributed by atoms with Crippen molar-refractivity contribution in [2.75, 3.05) is 56.7 Å². The van der Waals surface area contributed by atoms with Crippen LogP contribution in [-0.4, -0.2) is 67.2 Å². The van der Waals surface area contributed by atoms with Crippen molar-refractivity contribution in [2.45, 2.75) is 25.3 Å². The van der Waals surface area contributed by atoms with Crippen molar-refractivity contribution < 1.29 is 9.53 Å². The number of nitrogens with one attached hydrogen (secondary N) is 2. The number of benzene rings is 1. The van der Waals surface area contributed by atoms with E-state index in [1.807, 2.05) is 30.7 Å². The molecule has 8 nitrogen and oxygen atoms in total. The van der Waals surface area contributed by atoms with Crippen molar-refractivity contribution in [1.82, 2.24) is 20.2 Å². The highest BCUT2D eigenvalue weighted by Crippen LogP contribution is 2.40. The van der Waals surface area contributed by atoms with Crippen LogP contribution in [0, 0.1) is 0 Å². The summed E-state index contributed by atoms with van der Waals surface area (Å²) < 4.78 is 5.58. The van der Waals surface area contributed by atoms with Crippen molar-refractivity contribution in [3.05, 3.63) is 65.6 Å². The van der Waals surface area contributed by atoms with Gasteiger partial charge in [-0.2, -0.15) is 0 Å². The number of nitrogens with zero attached hydrogens (tertiary/aromatic N) is 4. The van der Waals surface area contributed by atoms with E-state index in [-0.39, 0.29) is 5.91 Å². The Hall–Kier alpha value is -3.49. The van der Waals surface area contributed by atoms with Crippen LogP contribution < -0.4 is 15.5 Å². The molecule has 2 N–H and O–H groups in total.